The number of halogens is 1. The number of non-ortho nitro benzene ring substituents is 1. The minimum absolute atomic E-state index is 0. The van der Waals surface area contributed by atoms with E-state index in [4.69, 9.17) is 14.7 Å². The van der Waals surface area contributed by atoms with E-state index in [9.17, 15) is 14.5 Å². The molecule has 0 bridgehead atoms. The highest BCUT2D eigenvalue weighted by atomic mass is 19.1. The molecule has 136 valence electrons. The average Bonchev–Trinajstić information content (AvgIpc) is 2.65. The lowest BCUT2D eigenvalue weighted by Crippen LogP contribution is -1.93. The van der Waals surface area contributed by atoms with Gasteiger partial charge >= 0.3 is 0 Å². The SMILES string of the molecule is N#Cc1ccc(Oc2ccc(F)cc2)c(Oc2cccc([N+](=O)[O-])c2)c1.O. The average molecular weight is 368 g/mol. The number of hydrogen-bond donors (Lipinski definition) is 0. The van der Waals surface area contributed by atoms with Gasteiger partial charge < -0.3 is 14.9 Å². The van der Waals surface area contributed by atoms with Crippen LogP contribution < -0.4 is 9.47 Å². The Morgan fingerprint density at radius 1 is 0.926 bits per heavy atom. The molecular weight excluding hydrogens is 355 g/mol. The lowest BCUT2D eigenvalue weighted by molar-refractivity contribution is -0.384. The summed E-state index contributed by atoms with van der Waals surface area (Å²) in [5, 5.41) is 20.0. The molecule has 3 aromatic rings. The molecule has 0 radical (unpaired) electrons. The predicted octanol–water partition coefficient (Wildman–Crippen LogP) is 4.37. The van der Waals surface area contributed by atoms with Gasteiger partial charge in [0.1, 0.15) is 17.3 Å². The highest BCUT2D eigenvalue weighted by Crippen LogP contribution is 2.36. The number of hydrogen-bond acceptors (Lipinski definition) is 5. The highest BCUT2D eigenvalue weighted by Gasteiger charge is 2.12. The number of nitro benzene ring substituents is 1. The summed E-state index contributed by atoms with van der Waals surface area (Å²) in [7, 11) is 0. The molecule has 0 fully saturated rings. The van der Waals surface area contributed by atoms with Crippen LogP contribution in [0.1, 0.15) is 5.56 Å². The van der Waals surface area contributed by atoms with Gasteiger partial charge in [0.2, 0.25) is 0 Å². The zero-order chi connectivity index (χ0) is 18.5. The summed E-state index contributed by atoms with van der Waals surface area (Å²) in [6, 6.07) is 17.6. The van der Waals surface area contributed by atoms with Crippen molar-refractivity contribution in [2.75, 3.05) is 0 Å². The Labute approximate surface area is 153 Å². The maximum absolute atomic E-state index is 13.0. The third-order valence-electron chi connectivity index (χ3n) is 3.37. The van der Waals surface area contributed by atoms with Crippen LogP contribution in [0.3, 0.4) is 0 Å². The van der Waals surface area contributed by atoms with Crippen molar-refractivity contribution >= 4 is 5.69 Å². The van der Waals surface area contributed by atoms with E-state index >= 15 is 0 Å². The number of rotatable bonds is 5. The molecular formula is C19H13FN2O5. The second kappa shape index (κ2) is 8.42. The second-order valence-corrected chi connectivity index (χ2v) is 5.19. The van der Waals surface area contributed by atoms with Crippen LogP contribution in [0.5, 0.6) is 23.0 Å². The van der Waals surface area contributed by atoms with Gasteiger partial charge in [0.15, 0.2) is 11.5 Å². The van der Waals surface area contributed by atoms with E-state index < -0.39 is 10.7 Å². The second-order valence-electron chi connectivity index (χ2n) is 5.19. The fraction of sp³-hybridized carbons (Fsp3) is 0. The van der Waals surface area contributed by atoms with E-state index in [1.165, 1.54) is 54.6 Å². The molecule has 0 aliphatic rings. The third-order valence-corrected chi connectivity index (χ3v) is 3.37. The van der Waals surface area contributed by atoms with Crippen molar-refractivity contribution in [1.29, 1.82) is 5.26 Å². The Morgan fingerprint density at radius 2 is 1.63 bits per heavy atom. The summed E-state index contributed by atoms with van der Waals surface area (Å²) < 4.78 is 24.4. The lowest BCUT2D eigenvalue weighted by Gasteiger charge is -2.12. The minimum Gasteiger partial charge on any atom is -0.453 e. The van der Waals surface area contributed by atoms with E-state index in [0.29, 0.717) is 11.3 Å². The van der Waals surface area contributed by atoms with Crippen LogP contribution in [0.2, 0.25) is 0 Å². The van der Waals surface area contributed by atoms with Gasteiger partial charge in [-0.2, -0.15) is 5.26 Å². The maximum Gasteiger partial charge on any atom is 0.273 e. The zero-order valence-corrected chi connectivity index (χ0v) is 13.8. The molecule has 0 saturated carbocycles. The maximum atomic E-state index is 13.0. The van der Waals surface area contributed by atoms with Crippen molar-refractivity contribution in [1.82, 2.24) is 0 Å². The molecule has 27 heavy (non-hydrogen) atoms. The molecule has 0 aliphatic carbocycles. The smallest absolute Gasteiger partial charge is 0.273 e. The van der Waals surface area contributed by atoms with Crippen LogP contribution in [-0.4, -0.2) is 10.4 Å². The van der Waals surface area contributed by atoms with Gasteiger partial charge in [0, 0.05) is 12.1 Å². The van der Waals surface area contributed by atoms with Crippen LogP contribution in [0.15, 0.2) is 66.7 Å². The van der Waals surface area contributed by atoms with Gasteiger partial charge in [0.05, 0.1) is 22.6 Å². The van der Waals surface area contributed by atoms with Crippen molar-refractivity contribution in [3.05, 3.63) is 88.2 Å². The largest absolute Gasteiger partial charge is 0.453 e. The first-order chi connectivity index (χ1) is 12.5. The monoisotopic (exact) mass is 368 g/mol. The minimum atomic E-state index is -0.533. The Morgan fingerprint density at radius 3 is 2.30 bits per heavy atom. The number of benzene rings is 3. The van der Waals surface area contributed by atoms with E-state index in [2.05, 4.69) is 0 Å². The van der Waals surface area contributed by atoms with Crippen LogP contribution in [0, 0.1) is 27.3 Å². The molecule has 0 heterocycles. The number of ether oxygens (including phenoxy) is 2. The summed E-state index contributed by atoms with van der Waals surface area (Å²) >= 11 is 0. The zero-order valence-electron chi connectivity index (χ0n) is 13.8. The predicted molar refractivity (Wildman–Crippen MR) is 94.4 cm³/mol. The van der Waals surface area contributed by atoms with Gasteiger partial charge in [-0.1, -0.05) is 6.07 Å². The summed E-state index contributed by atoms with van der Waals surface area (Å²) in [6.45, 7) is 0. The van der Waals surface area contributed by atoms with Crippen molar-refractivity contribution < 1.29 is 24.3 Å². The number of nitro groups is 1. The Bertz CT molecular complexity index is 1000. The van der Waals surface area contributed by atoms with Gasteiger partial charge in [-0.25, -0.2) is 4.39 Å². The molecule has 2 N–H and O–H groups in total. The van der Waals surface area contributed by atoms with Crippen LogP contribution in [0.25, 0.3) is 0 Å². The van der Waals surface area contributed by atoms with Gasteiger partial charge in [0.25, 0.3) is 5.69 Å². The van der Waals surface area contributed by atoms with E-state index in [1.807, 2.05) is 6.07 Å². The summed E-state index contributed by atoms with van der Waals surface area (Å²) in [5.74, 6) is 0.680. The molecule has 3 aromatic carbocycles. The summed E-state index contributed by atoms with van der Waals surface area (Å²) in [4.78, 5) is 10.4. The molecule has 8 heteroatoms. The molecule has 0 aliphatic heterocycles. The molecule has 0 unspecified atom stereocenters. The molecule has 0 aromatic heterocycles. The van der Waals surface area contributed by atoms with E-state index in [0.717, 1.165) is 0 Å². The normalized spacial score (nSPS) is 9.63. The first kappa shape index (κ1) is 19.4. The van der Waals surface area contributed by atoms with E-state index in [-0.39, 0.29) is 28.4 Å². The Kier molecular flexibility index (Phi) is 6.04. The third kappa shape index (κ3) is 4.78. The van der Waals surface area contributed by atoms with Crippen LogP contribution >= 0.6 is 0 Å². The van der Waals surface area contributed by atoms with Gasteiger partial charge in [-0.05, 0) is 42.5 Å². The van der Waals surface area contributed by atoms with Gasteiger partial charge in [-0.15, -0.1) is 0 Å². The Balaban J connectivity index is 0.00000261. The lowest BCUT2D eigenvalue weighted by atomic mass is 10.2. The first-order valence-corrected chi connectivity index (χ1v) is 7.45. The molecule has 0 amide bonds. The molecule has 0 saturated heterocycles. The van der Waals surface area contributed by atoms with Gasteiger partial charge in [-0.3, -0.25) is 10.1 Å². The van der Waals surface area contributed by atoms with Crippen LogP contribution in [0.4, 0.5) is 10.1 Å². The number of nitriles is 1. The van der Waals surface area contributed by atoms with E-state index in [1.54, 1.807) is 12.1 Å². The summed E-state index contributed by atoms with van der Waals surface area (Å²) in [6.07, 6.45) is 0. The molecule has 0 spiro atoms. The Hall–Kier alpha value is -3.96. The summed E-state index contributed by atoms with van der Waals surface area (Å²) in [5.41, 5.74) is 0.205. The standard InChI is InChI=1S/C19H11FN2O4.H2O/c20-14-5-7-16(8-6-14)25-18-9-4-13(12-21)10-19(18)26-17-3-1-2-15(11-17)22(23)24;/h1-11H;1H2. The van der Waals surface area contributed by atoms with Crippen molar-refractivity contribution in [2.45, 2.75) is 0 Å². The molecule has 3 rings (SSSR count). The fourth-order valence-electron chi connectivity index (χ4n) is 2.16. The first-order valence-electron chi connectivity index (χ1n) is 7.45. The quantitative estimate of drug-likeness (QED) is 0.490. The van der Waals surface area contributed by atoms with Crippen molar-refractivity contribution in [2.24, 2.45) is 0 Å². The van der Waals surface area contributed by atoms with Crippen molar-refractivity contribution in [3.8, 4) is 29.1 Å². The molecule has 7 nitrogen and oxygen atoms in total. The number of nitrogens with zero attached hydrogens (tertiary/aromatic N) is 2. The highest BCUT2D eigenvalue weighted by molar-refractivity contribution is 5.51. The van der Waals surface area contributed by atoms with Crippen molar-refractivity contribution in [3.63, 3.8) is 0 Å². The molecule has 0 atom stereocenters. The fourth-order valence-corrected chi connectivity index (χ4v) is 2.16. The topological polar surface area (TPSA) is 117 Å². The van der Waals surface area contributed by atoms with Crippen LogP contribution in [-0.2, 0) is 0 Å².